The van der Waals surface area contributed by atoms with Gasteiger partial charge in [0.05, 0.1) is 6.33 Å². The van der Waals surface area contributed by atoms with Crippen molar-refractivity contribution >= 4 is 41.2 Å². The van der Waals surface area contributed by atoms with E-state index < -0.39 is 35.8 Å². The number of H-pyrrole nitrogens is 1. The molecule has 1 aromatic carbocycles. The Labute approximate surface area is 223 Å². The number of aromatic amines is 1. The van der Waals surface area contributed by atoms with Crippen molar-refractivity contribution in [2.45, 2.75) is 50.2 Å². The normalized spacial score (nSPS) is 20.9. The molecule has 1 aliphatic heterocycles. The van der Waals surface area contributed by atoms with Gasteiger partial charge in [0, 0.05) is 31.3 Å². The summed E-state index contributed by atoms with van der Waals surface area (Å²) >= 11 is 6.11. The van der Waals surface area contributed by atoms with Gasteiger partial charge < -0.3 is 32.0 Å². The van der Waals surface area contributed by atoms with Crippen LogP contribution in [0.5, 0.6) is 0 Å². The van der Waals surface area contributed by atoms with Gasteiger partial charge in [0.2, 0.25) is 34.9 Å². The fourth-order valence-electron chi connectivity index (χ4n) is 4.04. The van der Waals surface area contributed by atoms with Crippen molar-refractivity contribution in [2.24, 2.45) is 5.73 Å². The van der Waals surface area contributed by atoms with Gasteiger partial charge in [0.25, 0.3) is 0 Å². The SMILES string of the molecule is NC(=O)[C@H]1CCCCNc2nc(Cl)nc(n2)N[C@@H](Cc2cnc[nH]2)C(=O)N[C@@H](Cc2ccccc2)C(=O)N1. The Bertz CT molecular complexity index is 1240. The molecule has 200 valence electrons. The summed E-state index contributed by atoms with van der Waals surface area (Å²) < 4.78 is 0. The summed E-state index contributed by atoms with van der Waals surface area (Å²) in [5.41, 5.74) is 7.07. The molecule has 14 heteroatoms. The third-order valence-electron chi connectivity index (χ3n) is 5.99. The molecular weight excluding hydrogens is 512 g/mol. The first-order valence-corrected chi connectivity index (χ1v) is 12.6. The van der Waals surface area contributed by atoms with Gasteiger partial charge in [0.1, 0.15) is 18.1 Å². The van der Waals surface area contributed by atoms with Crippen LogP contribution in [0, 0.1) is 0 Å². The Kier molecular flexibility index (Phi) is 9.03. The number of carbonyl (C=O) groups is 3. The third-order valence-corrected chi connectivity index (χ3v) is 6.15. The quantitative estimate of drug-likeness (QED) is 0.268. The minimum Gasteiger partial charge on any atom is -0.368 e. The van der Waals surface area contributed by atoms with Gasteiger partial charge in [-0.25, -0.2) is 4.98 Å². The van der Waals surface area contributed by atoms with Gasteiger partial charge in [-0.2, -0.15) is 15.0 Å². The predicted molar refractivity (Wildman–Crippen MR) is 140 cm³/mol. The highest BCUT2D eigenvalue weighted by Gasteiger charge is 2.29. The number of primary amides is 1. The molecule has 0 saturated carbocycles. The van der Waals surface area contributed by atoms with Crippen LogP contribution < -0.4 is 27.0 Å². The molecule has 0 saturated heterocycles. The molecular formula is C24H29ClN10O3. The van der Waals surface area contributed by atoms with Crippen LogP contribution in [0.15, 0.2) is 42.9 Å². The van der Waals surface area contributed by atoms with E-state index in [2.05, 4.69) is 46.2 Å². The molecule has 2 bridgehead atoms. The number of carbonyl (C=O) groups excluding carboxylic acids is 3. The lowest BCUT2D eigenvalue weighted by molar-refractivity contribution is -0.131. The second kappa shape index (κ2) is 12.8. The molecule has 2 aromatic heterocycles. The molecule has 38 heavy (non-hydrogen) atoms. The molecule has 0 fully saturated rings. The Hall–Kier alpha value is -4.26. The van der Waals surface area contributed by atoms with Crippen LogP contribution in [0.3, 0.4) is 0 Å². The van der Waals surface area contributed by atoms with Crippen molar-refractivity contribution in [2.75, 3.05) is 17.2 Å². The average Bonchev–Trinajstić information content (AvgIpc) is 3.40. The molecule has 0 spiro atoms. The standard InChI is InChI=1S/C24H29ClN10O3/c25-22-33-23-28-9-5-4-8-16(19(26)36)30-20(37)17(10-14-6-2-1-3-7-14)31-21(38)18(32-24(34-22)35-23)11-15-12-27-13-29-15/h1-3,6-7,12-13,16-18H,4-5,8-11H2,(H2,26,36)(H,27,29)(H,30,37)(H,31,38)(H2,28,32,33,34,35)/t16-,17+,18+/m1/s1. The maximum Gasteiger partial charge on any atom is 0.243 e. The number of hydrogen-bond donors (Lipinski definition) is 6. The van der Waals surface area contributed by atoms with Crippen LogP contribution in [0.25, 0.3) is 0 Å². The summed E-state index contributed by atoms with van der Waals surface area (Å²) in [6.45, 7) is 0.480. The van der Waals surface area contributed by atoms with Gasteiger partial charge in [-0.05, 0) is 36.4 Å². The molecule has 0 aliphatic carbocycles. The van der Waals surface area contributed by atoms with Crippen molar-refractivity contribution < 1.29 is 14.4 Å². The number of amides is 3. The Morgan fingerprint density at radius 1 is 0.947 bits per heavy atom. The Balaban J connectivity index is 1.66. The predicted octanol–water partition coefficient (Wildman–Crippen LogP) is 0.565. The Morgan fingerprint density at radius 3 is 2.42 bits per heavy atom. The molecule has 1 aliphatic rings. The number of nitrogens with one attached hydrogen (secondary N) is 5. The van der Waals surface area contributed by atoms with Gasteiger partial charge >= 0.3 is 0 Å². The molecule has 3 heterocycles. The first-order valence-electron chi connectivity index (χ1n) is 12.2. The fraction of sp³-hybridized carbons (Fsp3) is 0.375. The van der Waals surface area contributed by atoms with E-state index in [-0.39, 0.29) is 30.0 Å². The van der Waals surface area contributed by atoms with E-state index in [1.54, 1.807) is 6.20 Å². The highest BCUT2D eigenvalue weighted by atomic mass is 35.5. The minimum absolute atomic E-state index is 0.0538. The molecule has 13 nitrogen and oxygen atoms in total. The maximum absolute atomic E-state index is 13.6. The number of nitrogens with zero attached hydrogens (tertiary/aromatic N) is 4. The largest absolute Gasteiger partial charge is 0.368 e. The van der Waals surface area contributed by atoms with Gasteiger partial charge in [-0.3, -0.25) is 14.4 Å². The number of imidazole rings is 1. The topological polar surface area (TPSA) is 193 Å². The molecule has 3 aromatic rings. The van der Waals surface area contributed by atoms with E-state index in [0.717, 1.165) is 5.56 Å². The number of rotatable bonds is 5. The first kappa shape index (κ1) is 26.8. The van der Waals surface area contributed by atoms with E-state index in [4.69, 9.17) is 17.3 Å². The smallest absolute Gasteiger partial charge is 0.243 e. The molecule has 0 unspecified atom stereocenters. The zero-order valence-electron chi connectivity index (χ0n) is 20.5. The molecule has 4 rings (SSSR count). The van der Waals surface area contributed by atoms with Crippen LogP contribution in [-0.4, -0.2) is 67.3 Å². The second-order valence-corrected chi connectivity index (χ2v) is 9.20. The van der Waals surface area contributed by atoms with Crippen LogP contribution in [-0.2, 0) is 27.2 Å². The number of halogens is 1. The summed E-state index contributed by atoms with van der Waals surface area (Å²) in [6, 6.07) is 6.47. The van der Waals surface area contributed by atoms with E-state index in [0.29, 0.717) is 31.5 Å². The van der Waals surface area contributed by atoms with Crippen LogP contribution in [0.1, 0.15) is 30.5 Å². The third kappa shape index (κ3) is 7.62. The number of aromatic nitrogens is 5. The molecule has 3 amide bonds. The van der Waals surface area contributed by atoms with Crippen LogP contribution >= 0.6 is 11.6 Å². The number of hydrogen-bond acceptors (Lipinski definition) is 9. The zero-order chi connectivity index (χ0) is 26.9. The zero-order valence-corrected chi connectivity index (χ0v) is 21.2. The number of benzene rings is 1. The highest BCUT2D eigenvalue weighted by molar-refractivity contribution is 6.28. The molecule has 3 atom stereocenters. The van der Waals surface area contributed by atoms with Crippen LogP contribution in [0.4, 0.5) is 11.9 Å². The fourth-order valence-corrected chi connectivity index (χ4v) is 4.20. The lowest BCUT2D eigenvalue weighted by Crippen LogP contribution is -2.56. The summed E-state index contributed by atoms with van der Waals surface area (Å²) in [4.78, 5) is 58.5. The van der Waals surface area contributed by atoms with E-state index in [1.807, 2.05) is 30.3 Å². The summed E-state index contributed by atoms with van der Waals surface area (Å²) in [5, 5.41) is 11.6. The van der Waals surface area contributed by atoms with Crippen molar-refractivity contribution in [1.82, 2.24) is 35.6 Å². The molecule has 0 radical (unpaired) electrons. The van der Waals surface area contributed by atoms with Crippen molar-refractivity contribution in [3.8, 4) is 0 Å². The molecule has 7 N–H and O–H groups in total. The van der Waals surface area contributed by atoms with E-state index >= 15 is 0 Å². The average molecular weight is 541 g/mol. The van der Waals surface area contributed by atoms with E-state index in [1.165, 1.54) is 6.33 Å². The maximum atomic E-state index is 13.6. The van der Waals surface area contributed by atoms with Crippen molar-refractivity contribution in [3.63, 3.8) is 0 Å². The summed E-state index contributed by atoms with van der Waals surface area (Å²) in [7, 11) is 0. The van der Waals surface area contributed by atoms with Crippen molar-refractivity contribution in [3.05, 3.63) is 59.4 Å². The highest BCUT2D eigenvalue weighted by Crippen LogP contribution is 2.14. The minimum atomic E-state index is -0.982. The monoisotopic (exact) mass is 540 g/mol. The van der Waals surface area contributed by atoms with Gasteiger partial charge in [-0.1, -0.05) is 30.3 Å². The number of fused-ring (bicyclic) bond motifs is 2. The number of nitrogens with two attached hydrogens (primary N) is 1. The second-order valence-electron chi connectivity index (χ2n) is 8.87. The van der Waals surface area contributed by atoms with Crippen molar-refractivity contribution in [1.29, 1.82) is 0 Å². The number of anilines is 2. The van der Waals surface area contributed by atoms with Crippen LogP contribution in [0.2, 0.25) is 5.28 Å². The lowest BCUT2D eigenvalue weighted by atomic mass is 10.0. The van der Waals surface area contributed by atoms with Gasteiger partial charge in [-0.15, -0.1) is 0 Å². The Morgan fingerprint density at radius 2 is 1.68 bits per heavy atom. The summed E-state index contributed by atoms with van der Waals surface area (Å²) in [6.07, 6.45) is 5.05. The lowest BCUT2D eigenvalue weighted by Gasteiger charge is -2.25. The summed E-state index contributed by atoms with van der Waals surface area (Å²) in [5.74, 6) is -1.32. The first-order chi connectivity index (χ1) is 18.4. The van der Waals surface area contributed by atoms with E-state index in [9.17, 15) is 14.4 Å². The van der Waals surface area contributed by atoms with Gasteiger partial charge in [0.15, 0.2) is 0 Å².